The summed E-state index contributed by atoms with van der Waals surface area (Å²) in [4.78, 5) is 19.1. The van der Waals surface area contributed by atoms with Gasteiger partial charge in [-0.15, -0.1) is 0 Å². The summed E-state index contributed by atoms with van der Waals surface area (Å²) in [7, 11) is 4.05. The number of hydrogen-bond acceptors (Lipinski definition) is 3. The van der Waals surface area contributed by atoms with Crippen molar-refractivity contribution >= 4 is 23.4 Å². The normalized spacial score (nSPS) is 13.9. The minimum absolute atomic E-state index is 0.0879. The molecule has 0 unspecified atom stereocenters. The second-order valence-corrected chi connectivity index (χ2v) is 6.41. The lowest BCUT2D eigenvalue weighted by molar-refractivity contribution is 0.0982. The van der Waals surface area contributed by atoms with Gasteiger partial charge in [0.25, 0.3) is 5.91 Å². The highest BCUT2D eigenvalue weighted by molar-refractivity contribution is 7.99. The Hall–Kier alpha value is -1.78. The van der Waals surface area contributed by atoms with Crippen molar-refractivity contribution in [3.05, 3.63) is 54.1 Å². The van der Waals surface area contributed by atoms with Gasteiger partial charge in [-0.2, -0.15) is 0 Å². The van der Waals surface area contributed by atoms with Crippen molar-refractivity contribution in [1.82, 2.24) is 4.90 Å². The van der Waals surface area contributed by atoms with Crippen LogP contribution in [-0.4, -0.2) is 38.0 Å². The van der Waals surface area contributed by atoms with Gasteiger partial charge in [0.1, 0.15) is 0 Å². The zero-order chi connectivity index (χ0) is 14.8. The average molecular weight is 298 g/mol. The fourth-order valence-corrected chi connectivity index (χ4v) is 3.47. The fourth-order valence-electron chi connectivity index (χ4n) is 2.39. The number of rotatable bonds is 3. The molecule has 2 aromatic rings. The first kappa shape index (κ1) is 14.2. The van der Waals surface area contributed by atoms with Crippen LogP contribution in [0.25, 0.3) is 0 Å². The quantitative estimate of drug-likeness (QED) is 0.868. The number of fused-ring (bicyclic) bond motifs is 2. The van der Waals surface area contributed by atoms with Crippen LogP contribution < -0.4 is 4.90 Å². The summed E-state index contributed by atoms with van der Waals surface area (Å²) in [6.07, 6.45) is 0. The summed E-state index contributed by atoms with van der Waals surface area (Å²) in [5, 5.41) is 0. The monoisotopic (exact) mass is 298 g/mol. The van der Waals surface area contributed by atoms with Gasteiger partial charge >= 0.3 is 0 Å². The molecule has 0 atom stereocenters. The second-order valence-electron chi connectivity index (χ2n) is 5.33. The van der Waals surface area contributed by atoms with Gasteiger partial charge < -0.3 is 9.80 Å². The van der Waals surface area contributed by atoms with Crippen molar-refractivity contribution < 1.29 is 4.79 Å². The number of hydrogen-bond donors (Lipinski definition) is 0. The SMILES string of the molecule is CN(C)CCN1C(=O)c2ccccc2Sc2ccccc21. The molecule has 3 rings (SSSR count). The molecule has 0 saturated heterocycles. The number of benzene rings is 2. The molecule has 4 heteroatoms. The molecule has 0 N–H and O–H groups in total. The number of likely N-dealkylation sites (N-methyl/N-ethyl adjacent to an activating group) is 1. The Balaban J connectivity index is 2.07. The van der Waals surface area contributed by atoms with Gasteiger partial charge in [-0.05, 0) is 38.4 Å². The van der Waals surface area contributed by atoms with Crippen LogP contribution in [0.15, 0.2) is 58.3 Å². The highest BCUT2D eigenvalue weighted by Crippen LogP contribution is 2.40. The second kappa shape index (κ2) is 5.92. The van der Waals surface area contributed by atoms with Crippen molar-refractivity contribution in [2.45, 2.75) is 9.79 Å². The summed E-state index contributed by atoms with van der Waals surface area (Å²) in [6, 6.07) is 16.0. The fraction of sp³-hybridized carbons (Fsp3) is 0.235. The van der Waals surface area contributed by atoms with Crippen LogP contribution in [0.3, 0.4) is 0 Å². The third kappa shape index (κ3) is 2.82. The van der Waals surface area contributed by atoms with Gasteiger partial charge in [-0.3, -0.25) is 4.79 Å². The molecule has 1 heterocycles. The maximum Gasteiger partial charge on any atom is 0.259 e. The lowest BCUT2D eigenvalue weighted by atomic mass is 10.1. The maximum absolute atomic E-state index is 12.9. The van der Waals surface area contributed by atoms with E-state index in [0.717, 1.165) is 27.6 Å². The van der Waals surface area contributed by atoms with Crippen LogP contribution in [0.5, 0.6) is 0 Å². The first-order valence-corrected chi connectivity index (χ1v) is 7.81. The molecule has 3 nitrogen and oxygen atoms in total. The third-order valence-corrected chi connectivity index (χ3v) is 4.65. The molecule has 108 valence electrons. The van der Waals surface area contributed by atoms with Crippen LogP contribution >= 0.6 is 11.8 Å². The van der Waals surface area contributed by atoms with E-state index in [4.69, 9.17) is 0 Å². The van der Waals surface area contributed by atoms with E-state index in [0.29, 0.717) is 6.54 Å². The van der Waals surface area contributed by atoms with Crippen molar-refractivity contribution in [1.29, 1.82) is 0 Å². The number of carbonyl (C=O) groups is 1. The van der Waals surface area contributed by atoms with Crippen LogP contribution in [0.1, 0.15) is 10.4 Å². The minimum Gasteiger partial charge on any atom is -0.308 e. The molecule has 0 aromatic heterocycles. The first-order valence-electron chi connectivity index (χ1n) is 6.99. The summed E-state index contributed by atoms with van der Waals surface area (Å²) in [5.41, 5.74) is 1.79. The molecule has 21 heavy (non-hydrogen) atoms. The van der Waals surface area contributed by atoms with E-state index in [2.05, 4.69) is 11.0 Å². The predicted molar refractivity (Wildman–Crippen MR) is 87.2 cm³/mol. The lowest BCUT2D eigenvalue weighted by Crippen LogP contribution is -2.36. The molecule has 0 spiro atoms. The lowest BCUT2D eigenvalue weighted by Gasteiger charge is -2.24. The zero-order valence-electron chi connectivity index (χ0n) is 12.2. The first-order chi connectivity index (χ1) is 10.2. The standard InChI is InChI=1S/C17H18N2OS/c1-18(2)11-12-19-14-8-4-6-10-16(14)21-15-9-5-3-7-13(15)17(19)20/h3-10H,11-12H2,1-2H3. The smallest absolute Gasteiger partial charge is 0.259 e. The van der Waals surface area contributed by atoms with E-state index in [1.165, 1.54) is 0 Å². The van der Waals surface area contributed by atoms with E-state index < -0.39 is 0 Å². The molecular formula is C17H18N2OS. The van der Waals surface area contributed by atoms with Crippen LogP contribution in [0.4, 0.5) is 5.69 Å². The summed E-state index contributed by atoms with van der Waals surface area (Å²) >= 11 is 1.67. The highest BCUT2D eigenvalue weighted by atomic mass is 32.2. The summed E-state index contributed by atoms with van der Waals surface area (Å²) in [5.74, 6) is 0.0879. The molecule has 0 fully saturated rings. The molecule has 2 aromatic carbocycles. The van der Waals surface area contributed by atoms with E-state index in [1.54, 1.807) is 11.8 Å². The zero-order valence-corrected chi connectivity index (χ0v) is 13.1. The number of nitrogens with zero attached hydrogens (tertiary/aromatic N) is 2. The molecular weight excluding hydrogens is 280 g/mol. The predicted octanol–water partition coefficient (Wildman–Crippen LogP) is 3.36. The molecule has 0 aliphatic carbocycles. The Morgan fingerprint density at radius 2 is 1.67 bits per heavy atom. The largest absolute Gasteiger partial charge is 0.308 e. The van der Waals surface area contributed by atoms with Crippen LogP contribution in [0.2, 0.25) is 0 Å². The molecule has 0 radical (unpaired) electrons. The Morgan fingerprint density at radius 3 is 2.43 bits per heavy atom. The average Bonchev–Trinajstić information content (AvgIpc) is 2.60. The van der Waals surface area contributed by atoms with Crippen molar-refractivity contribution in [2.75, 3.05) is 32.1 Å². The van der Waals surface area contributed by atoms with Gasteiger partial charge in [0, 0.05) is 22.9 Å². The third-order valence-electron chi connectivity index (χ3n) is 3.51. The minimum atomic E-state index is 0.0879. The number of para-hydroxylation sites is 1. The highest BCUT2D eigenvalue weighted by Gasteiger charge is 2.26. The van der Waals surface area contributed by atoms with Gasteiger partial charge in [-0.25, -0.2) is 0 Å². The van der Waals surface area contributed by atoms with E-state index in [9.17, 15) is 4.79 Å². The maximum atomic E-state index is 12.9. The Morgan fingerprint density at radius 1 is 1.00 bits per heavy atom. The van der Waals surface area contributed by atoms with Crippen molar-refractivity contribution in [3.8, 4) is 0 Å². The topological polar surface area (TPSA) is 23.6 Å². The Bertz CT molecular complexity index is 669. The number of amides is 1. The van der Waals surface area contributed by atoms with Crippen molar-refractivity contribution in [2.24, 2.45) is 0 Å². The molecule has 1 amide bonds. The molecule has 0 bridgehead atoms. The Kier molecular flexibility index (Phi) is 3.99. The Labute approximate surface area is 129 Å². The summed E-state index contributed by atoms with van der Waals surface area (Å²) < 4.78 is 0. The molecule has 0 saturated carbocycles. The number of carbonyl (C=O) groups excluding carboxylic acids is 1. The van der Waals surface area contributed by atoms with Crippen LogP contribution in [0, 0.1) is 0 Å². The van der Waals surface area contributed by atoms with Crippen LogP contribution in [-0.2, 0) is 0 Å². The molecule has 1 aliphatic rings. The van der Waals surface area contributed by atoms with E-state index in [-0.39, 0.29) is 5.91 Å². The molecule has 1 aliphatic heterocycles. The van der Waals surface area contributed by atoms with Gasteiger partial charge in [0.2, 0.25) is 0 Å². The van der Waals surface area contributed by atoms with Crippen molar-refractivity contribution in [3.63, 3.8) is 0 Å². The van der Waals surface area contributed by atoms with Gasteiger partial charge in [-0.1, -0.05) is 36.0 Å². The van der Waals surface area contributed by atoms with E-state index in [1.807, 2.05) is 61.5 Å². The van der Waals surface area contributed by atoms with Gasteiger partial charge in [0.15, 0.2) is 0 Å². The summed E-state index contributed by atoms with van der Waals surface area (Å²) in [6.45, 7) is 1.53. The number of anilines is 1. The van der Waals surface area contributed by atoms with E-state index >= 15 is 0 Å². The van der Waals surface area contributed by atoms with Gasteiger partial charge in [0.05, 0.1) is 11.3 Å².